The lowest BCUT2D eigenvalue weighted by atomic mass is 10.1. The topological polar surface area (TPSA) is 81.9 Å². The number of carbonyl (C=O) groups is 2. The predicted octanol–water partition coefficient (Wildman–Crippen LogP) is 4.25. The van der Waals surface area contributed by atoms with Crippen LogP contribution in [0.1, 0.15) is 45.9 Å². The standard InChI is InChI=1S/C24H26N2O5/c1-16-22(18(3)31-25-16)14-29-21-12-10-20(11-13-21)24(28)30-15-23(27)26(4)17(2)19-8-6-5-7-9-19/h5-13,17H,14-15H2,1-4H3. The van der Waals surface area contributed by atoms with Gasteiger partial charge in [-0.3, -0.25) is 4.79 Å². The Morgan fingerprint density at radius 1 is 1.06 bits per heavy atom. The van der Waals surface area contributed by atoms with Crippen molar-refractivity contribution in [3.8, 4) is 5.75 Å². The van der Waals surface area contributed by atoms with Gasteiger partial charge in [-0.1, -0.05) is 35.5 Å². The summed E-state index contributed by atoms with van der Waals surface area (Å²) >= 11 is 0. The maximum Gasteiger partial charge on any atom is 0.338 e. The third kappa shape index (κ3) is 5.51. The van der Waals surface area contributed by atoms with E-state index in [0.29, 0.717) is 23.7 Å². The molecule has 162 valence electrons. The molecule has 0 aliphatic rings. The molecule has 7 nitrogen and oxygen atoms in total. The van der Waals surface area contributed by atoms with Crippen molar-refractivity contribution in [1.82, 2.24) is 10.1 Å². The van der Waals surface area contributed by atoms with E-state index in [0.717, 1.165) is 16.8 Å². The molecule has 0 aliphatic heterocycles. The molecule has 3 rings (SSSR count). The van der Waals surface area contributed by atoms with Gasteiger partial charge in [-0.2, -0.15) is 0 Å². The minimum atomic E-state index is -0.564. The van der Waals surface area contributed by atoms with Crippen molar-refractivity contribution in [2.75, 3.05) is 13.7 Å². The van der Waals surface area contributed by atoms with Crippen LogP contribution in [-0.2, 0) is 16.1 Å². The highest BCUT2D eigenvalue weighted by molar-refractivity contribution is 5.91. The minimum absolute atomic E-state index is 0.124. The lowest BCUT2D eigenvalue weighted by Gasteiger charge is -2.25. The van der Waals surface area contributed by atoms with Gasteiger partial charge in [0.2, 0.25) is 0 Å². The molecular formula is C24H26N2O5. The van der Waals surface area contributed by atoms with Crippen molar-refractivity contribution < 1.29 is 23.6 Å². The van der Waals surface area contributed by atoms with E-state index in [1.165, 1.54) is 0 Å². The fourth-order valence-corrected chi connectivity index (χ4v) is 3.03. The van der Waals surface area contributed by atoms with Crippen LogP contribution in [0.3, 0.4) is 0 Å². The van der Waals surface area contributed by atoms with Crippen LogP contribution < -0.4 is 4.74 Å². The van der Waals surface area contributed by atoms with Crippen LogP contribution in [-0.4, -0.2) is 35.6 Å². The van der Waals surface area contributed by atoms with Crippen LogP contribution in [0.2, 0.25) is 0 Å². The van der Waals surface area contributed by atoms with E-state index in [4.69, 9.17) is 14.0 Å². The normalized spacial score (nSPS) is 11.6. The van der Waals surface area contributed by atoms with Crippen molar-refractivity contribution in [3.05, 3.63) is 82.7 Å². The Morgan fingerprint density at radius 3 is 2.35 bits per heavy atom. The van der Waals surface area contributed by atoms with Gasteiger partial charge in [0.05, 0.1) is 22.9 Å². The van der Waals surface area contributed by atoms with E-state index >= 15 is 0 Å². The molecule has 0 aliphatic carbocycles. The van der Waals surface area contributed by atoms with Gasteiger partial charge in [-0.25, -0.2) is 4.79 Å². The van der Waals surface area contributed by atoms with Gasteiger partial charge in [-0.15, -0.1) is 0 Å². The monoisotopic (exact) mass is 422 g/mol. The van der Waals surface area contributed by atoms with E-state index in [1.807, 2.05) is 51.1 Å². The highest BCUT2D eigenvalue weighted by Gasteiger charge is 2.19. The second-order valence-electron chi connectivity index (χ2n) is 7.28. The van der Waals surface area contributed by atoms with Gasteiger partial charge in [-0.05, 0) is 50.6 Å². The quantitative estimate of drug-likeness (QED) is 0.505. The SMILES string of the molecule is Cc1noc(C)c1COc1ccc(C(=O)OCC(=O)N(C)C(C)c2ccccc2)cc1. The Bertz CT molecular complexity index is 1010. The maximum absolute atomic E-state index is 12.4. The molecule has 7 heteroatoms. The summed E-state index contributed by atoms with van der Waals surface area (Å²) in [5.41, 5.74) is 3.04. The zero-order valence-corrected chi connectivity index (χ0v) is 18.1. The molecule has 0 saturated carbocycles. The van der Waals surface area contributed by atoms with Crippen molar-refractivity contribution in [3.63, 3.8) is 0 Å². The van der Waals surface area contributed by atoms with Crippen molar-refractivity contribution in [1.29, 1.82) is 0 Å². The Balaban J connectivity index is 1.50. The molecule has 0 radical (unpaired) electrons. The highest BCUT2D eigenvalue weighted by Crippen LogP contribution is 2.20. The van der Waals surface area contributed by atoms with Crippen LogP contribution in [0.15, 0.2) is 59.1 Å². The summed E-state index contributed by atoms with van der Waals surface area (Å²) in [6.07, 6.45) is 0. The summed E-state index contributed by atoms with van der Waals surface area (Å²) in [6, 6.07) is 16.1. The first-order valence-corrected chi connectivity index (χ1v) is 9.99. The molecule has 1 atom stereocenters. The molecule has 0 saturated heterocycles. The summed E-state index contributed by atoms with van der Waals surface area (Å²) in [5.74, 6) is 0.480. The van der Waals surface area contributed by atoms with Crippen LogP contribution in [0.25, 0.3) is 0 Å². The molecule has 1 aromatic heterocycles. The van der Waals surface area contributed by atoms with Gasteiger partial charge in [0.25, 0.3) is 5.91 Å². The highest BCUT2D eigenvalue weighted by atomic mass is 16.5. The molecule has 31 heavy (non-hydrogen) atoms. The number of hydrogen-bond donors (Lipinski definition) is 0. The van der Waals surface area contributed by atoms with E-state index in [2.05, 4.69) is 5.16 Å². The number of benzene rings is 2. The maximum atomic E-state index is 12.4. The number of likely N-dealkylation sites (N-methyl/N-ethyl adjacent to an activating group) is 1. The van der Waals surface area contributed by atoms with Crippen molar-refractivity contribution in [2.24, 2.45) is 0 Å². The first-order chi connectivity index (χ1) is 14.9. The number of hydrogen-bond acceptors (Lipinski definition) is 6. The lowest BCUT2D eigenvalue weighted by Crippen LogP contribution is -2.33. The van der Waals surface area contributed by atoms with E-state index in [1.54, 1.807) is 36.2 Å². The first kappa shape index (κ1) is 22.1. The number of aromatic nitrogens is 1. The number of ether oxygens (including phenoxy) is 2. The number of amides is 1. The summed E-state index contributed by atoms with van der Waals surface area (Å²) in [5, 5.41) is 3.89. The summed E-state index contributed by atoms with van der Waals surface area (Å²) in [7, 11) is 1.69. The molecule has 1 heterocycles. The van der Waals surface area contributed by atoms with Crippen LogP contribution >= 0.6 is 0 Å². The van der Waals surface area contributed by atoms with Gasteiger partial charge < -0.3 is 18.9 Å². The molecule has 0 fully saturated rings. The largest absolute Gasteiger partial charge is 0.489 e. The summed E-state index contributed by atoms with van der Waals surface area (Å²) in [4.78, 5) is 26.3. The lowest BCUT2D eigenvalue weighted by molar-refractivity contribution is -0.135. The third-order valence-corrected chi connectivity index (χ3v) is 5.24. The summed E-state index contributed by atoms with van der Waals surface area (Å²) < 4.78 is 16.0. The minimum Gasteiger partial charge on any atom is -0.489 e. The van der Waals surface area contributed by atoms with Crippen LogP contribution in [0.4, 0.5) is 0 Å². The Morgan fingerprint density at radius 2 is 1.74 bits per heavy atom. The van der Waals surface area contributed by atoms with Crippen LogP contribution in [0.5, 0.6) is 5.75 Å². The van der Waals surface area contributed by atoms with Crippen molar-refractivity contribution in [2.45, 2.75) is 33.4 Å². The van der Waals surface area contributed by atoms with E-state index in [-0.39, 0.29) is 18.6 Å². The molecule has 0 N–H and O–H groups in total. The fourth-order valence-electron chi connectivity index (χ4n) is 3.03. The average molecular weight is 422 g/mol. The molecule has 0 bridgehead atoms. The Labute approximate surface area is 181 Å². The number of nitrogens with zero attached hydrogens (tertiary/aromatic N) is 2. The summed E-state index contributed by atoms with van der Waals surface area (Å²) in [6.45, 7) is 5.61. The zero-order valence-electron chi connectivity index (χ0n) is 18.1. The zero-order chi connectivity index (χ0) is 22.4. The van der Waals surface area contributed by atoms with Crippen molar-refractivity contribution >= 4 is 11.9 Å². The van der Waals surface area contributed by atoms with Crippen LogP contribution in [0, 0.1) is 13.8 Å². The number of esters is 1. The molecule has 1 unspecified atom stereocenters. The predicted molar refractivity (Wildman–Crippen MR) is 115 cm³/mol. The Hall–Kier alpha value is -3.61. The first-order valence-electron chi connectivity index (χ1n) is 9.99. The second kappa shape index (κ2) is 9.93. The number of aryl methyl sites for hydroxylation is 2. The average Bonchev–Trinajstić information content (AvgIpc) is 3.12. The molecule has 2 aromatic carbocycles. The smallest absolute Gasteiger partial charge is 0.338 e. The molecular weight excluding hydrogens is 396 g/mol. The number of rotatable bonds is 8. The number of carbonyl (C=O) groups excluding carboxylic acids is 2. The van der Waals surface area contributed by atoms with Gasteiger partial charge in [0.15, 0.2) is 6.61 Å². The molecule has 1 amide bonds. The second-order valence-corrected chi connectivity index (χ2v) is 7.28. The third-order valence-electron chi connectivity index (χ3n) is 5.24. The van der Waals surface area contributed by atoms with Gasteiger partial charge in [0.1, 0.15) is 18.1 Å². The van der Waals surface area contributed by atoms with Gasteiger partial charge in [0, 0.05) is 7.05 Å². The van der Waals surface area contributed by atoms with E-state index in [9.17, 15) is 9.59 Å². The van der Waals surface area contributed by atoms with Gasteiger partial charge >= 0.3 is 5.97 Å². The molecule has 3 aromatic rings. The fraction of sp³-hybridized carbons (Fsp3) is 0.292. The van der Waals surface area contributed by atoms with E-state index < -0.39 is 5.97 Å². The molecule has 0 spiro atoms. The Kier molecular flexibility index (Phi) is 7.07.